The molecule has 0 saturated heterocycles. The van der Waals surface area contributed by atoms with Crippen LogP contribution in [0.5, 0.6) is 0 Å². The predicted octanol–water partition coefficient (Wildman–Crippen LogP) is 1.64. The van der Waals surface area contributed by atoms with Crippen LogP contribution >= 0.6 is 0 Å². The standard InChI is InChI=1S/C12H21N3O2/c1-4-9(13-2)8-10-14-11(15-17-10)12(16-3)6-5-7-12/h9,13H,4-8H2,1-3H3. The Morgan fingerprint density at radius 2 is 2.29 bits per heavy atom. The lowest BCUT2D eigenvalue weighted by Crippen LogP contribution is -2.37. The van der Waals surface area contributed by atoms with Gasteiger partial charge in [-0.05, 0) is 32.7 Å². The minimum absolute atomic E-state index is 0.275. The summed E-state index contributed by atoms with van der Waals surface area (Å²) >= 11 is 0. The second-order valence-electron chi connectivity index (χ2n) is 4.66. The van der Waals surface area contributed by atoms with Gasteiger partial charge in [0.05, 0.1) is 0 Å². The second-order valence-corrected chi connectivity index (χ2v) is 4.66. The first-order valence-electron chi connectivity index (χ1n) is 6.29. The van der Waals surface area contributed by atoms with Gasteiger partial charge in [-0.25, -0.2) is 0 Å². The van der Waals surface area contributed by atoms with E-state index in [0.29, 0.717) is 17.8 Å². The summed E-state index contributed by atoms with van der Waals surface area (Å²) in [7, 11) is 3.67. The summed E-state index contributed by atoms with van der Waals surface area (Å²) in [6, 6.07) is 0.392. The normalized spacial score (nSPS) is 19.9. The van der Waals surface area contributed by atoms with Crippen molar-refractivity contribution in [3.8, 4) is 0 Å². The molecule has 0 bridgehead atoms. The summed E-state index contributed by atoms with van der Waals surface area (Å²) in [6.45, 7) is 2.14. The molecule has 1 atom stereocenters. The molecule has 1 fully saturated rings. The molecule has 1 aliphatic rings. The lowest BCUT2D eigenvalue weighted by Gasteiger charge is -2.37. The fourth-order valence-corrected chi connectivity index (χ4v) is 2.20. The van der Waals surface area contributed by atoms with E-state index in [0.717, 1.165) is 25.7 Å². The maximum atomic E-state index is 5.53. The van der Waals surface area contributed by atoms with Crippen molar-refractivity contribution in [2.45, 2.75) is 50.7 Å². The Morgan fingerprint density at radius 3 is 2.76 bits per heavy atom. The Hall–Kier alpha value is -0.940. The van der Waals surface area contributed by atoms with E-state index in [2.05, 4.69) is 22.4 Å². The number of rotatable bonds is 6. The first-order valence-corrected chi connectivity index (χ1v) is 6.29. The van der Waals surface area contributed by atoms with Crippen LogP contribution < -0.4 is 5.32 Å². The van der Waals surface area contributed by atoms with Gasteiger partial charge in [-0.2, -0.15) is 4.98 Å². The molecule has 1 aliphatic carbocycles. The van der Waals surface area contributed by atoms with E-state index >= 15 is 0 Å². The molecule has 1 heterocycles. The third-order valence-electron chi connectivity index (χ3n) is 3.75. The Labute approximate surface area is 102 Å². The lowest BCUT2D eigenvalue weighted by atomic mass is 9.79. The number of aromatic nitrogens is 2. The highest BCUT2D eigenvalue weighted by atomic mass is 16.5. The minimum atomic E-state index is -0.275. The minimum Gasteiger partial charge on any atom is -0.370 e. The Morgan fingerprint density at radius 1 is 1.53 bits per heavy atom. The summed E-state index contributed by atoms with van der Waals surface area (Å²) in [6.07, 6.45) is 4.98. The first-order chi connectivity index (χ1) is 8.24. The fourth-order valence-electron chi connectivity index (χ4n) is 2.20. The van der Waals surface area contributed by atoms with Crippen LogP contribution in [0, 0.1) is 0 Å². The molecule has 5 heteroatoms. The van der Waals surface area contributed by atoms with E-state index in [1.165, 1.54) is 6.42 Å². The van der Waals surface area contributed by atoms with Crippen molar-refractivity contribution in [1.29, 1.82) is 0 Å². The molecule has 1 N–H and O–H groups in total. The smallest absolute Gasteiger partial charge is 0.228 e. The van der Waals surface area contributed by atoms with Gasteiger partial charge in [0.1, 0.15) is 5.60 Å². The average molecular weight is 239 g/mol. The number of hydrogen-bond acceptors (Lipinski definition) is 5. The SMILES string of the molecule is CCC(Cc1nc(C2(OC)CCC2)no1)NC. The van der Waals surface area contributed by atoms with Crippen LogP contribution in [0.25, 0.3) is 0 Å². The molecule has 5 nitrogen and oxygen atoms in total. The van der Waals surface area contributed by atoms with Crippen LogP contribution in [-0.4, -0.2) is 30.3 Å². The highest BCUT2D eigenvalue weighted by Gasteiger charge is 2.43. The summed E-state index contributed by atoms with van der Waals surface area (Å²) in [5.74, 6) is 1.41. The van der Waals surface area contributed by atoms with Crippen molar-refractivity contribution < 1.29 is 9.26 Å². The first kappa shape index (κ1) is 12.5. The van der Waals surface area contributed by atoms with Crippen molar-refractivity contribution in [1.82, 2.24) is 15.5 Å². The molecular formula is C12H21N3O2. The van der Waals surface area contributed by atoms with E-state index in [1.54, 1.807) is 7.11 Å². The molecule has 0 amide bonds. The van der Waals surface area contributed by atoms with Gasteiger partial charge in [0.25, 0.3) is 0 Å². The predicted molar refractivity (Wildman–Crippen MR) is 63.7 cm³/mol. The highest BCUT2D eigenvalue weighted by Crippen LogP contribution is 2.42. The van der Waals surface area contributed by atoms with Crippen LogP contribution in [0.3, 0.4) is 0 Å². The Bertz CT molecular complexity index is 351. The molecule has 17 heavy (non-hydrogen) atoms. The summed E-state index contributed by atoms with van der Waals surface area (Å²) in [5.41, 5.74) is -0.275. The molecule has 0 radical (unpaired) electrons. The molecule has 1 aromatic rings. The molecule has 1 saturated carbocycles. The van der Waals surface area contributed by atoms with Crippen molar-refractivity contribution in [2.24, 2.45) is 0 Å². The third-order valence-corrected chi connectivity index (χ3v) is 3.75. The lowest BCUT2D eigenvalue weighted by molar-refractivity contribution is -0.0858. The number of ether oxygens (including phenoxy) is 1. The molecule has 96 valence electrons. The quantitative estimate of drug-likeness (QED) is 0.817. The van der Waals surface area contributed by atoms with Gasteiger partial charge in [0.15, 0.2) is 0 Å². The number of nitrogens with one attached hydrogen (secondary N) is 1. The van der Waals surface area contributed by atoms with Crippen LogP contribution in [0.4, 0.5) is 0 Å². The van der Waals surface area contributed by atoms with Crippen molar-refractivity contribution >= 4 is 0 Å². The largest absolute Gasteiger partial charge is 0.370 e. The van der Waals surface area contributed by atoms with Gasteiger partial charge >= 0.3 is 0 Å². The van der Waals surface area contributed by atoms with E-state index in [9.17, 15) is 0 Å². The summed E-state index contributed by atoms with van der Waals surface area (Å²) in [5, 5.41) is 7.30. The zero-order chi connectivity index (χ0) is 12.3. The van der Waals surface area contributed by atoms with E-state index in [4.69, 9.17) is 9.26 Å². The van der Waals surface area contributed by atoms with E-state index < -0.39 is 0 Å². The van der Waals surface area contributed by atoms with E-state index in [1.807, 2.05) is 7.05 Å². The zero-order valence-electron chi connectivity index (χ0n) is 10.8. The molecule has 1 unspecified atom stereocenters. The monoisotopic (exact) mass is 239 g/mol. The van der Waals surface area contributed by atoms with Crippen LogP contribution in [0.2, 0.25) is 0 Å². The molecule has 0 aliphatic heterocycles. The Balaban J connectivity index is 2.05. The van der Waals surface area contributed by atoms with Gasteiger partial charge in [-0.3, -0.25) is 0 Å². The van der Waals surface area contributed by atoms with Gasteiger partial charge < -0.3 is 14.6 Å². The number of methoxy groups -OCH3 is 1. The maximum Gasteiger partial charge on any atom is 0.228 e. The fraction of sp³-hybridized carbons (Fsp3) is 0.833. The van der Waals surface area contributed by atoms with Crippen molar-refractivity contribution in [3.05, 3.63) is 11.7 Å². The molecule has 0 spiro atoms. The second kappa shape index (κ2) is 5.14. The van der Waals surface area contributed by atoms with Crippen LogP contribution in [0.1, 0.15) is 44.3 Å². The summed E-state index contributed by atoms with van der Waals surface area (Å²) in [4.78, 5) is 4.47. The zero-order valence-corrected chi connectivity index (χ0v) is 10.8. The van der Waals surface area contributed by atoms with Crippen LogP contribution in [-0.2, 0) is 16.8 Å². The molecule has 1 aromatic heterocycles. The van der Waals surface area contributed by atoms with E-state index in [-0.39, 0.29) is 5.60 Å². The maximum absolute atomic E-state index is 5.53. The third kappa shape index (κ3) is 2.35. The number of hydrogen-bond donors (Lipinski definition) is 1. The highest BCUT2D eigenvalue weighted by molar-refractivity contribution is 5.06. The number of likely N-dealkylation sites (N-methyl/N-ethyl adjacent to an activating group) is 1. The molecule has 2 rings (SSSR count). The molecule has 0 aromatic carbocycles. The van der Waals surface area contributed by atoms with Crippen molar-refractivity contribution in [2.75, 3.05) is 14.2 Å². The molecular weight excluding hydrogens is 218 g/mol. The number of nitrogens with zero attached hydrogens (tertiary/aromatic N) is 2. The topological polar surface area (TPSA) is 60.2 Å². The van der Waals surface area contributed by atoms with Gasteiger partial charge in [-0.15, -0.1) is 0 Å². The Kier molecular flexibility index (Phi) is 3.79. The van der Waals surface area contributed by atoms with Gasteiger partial charge in [0.2, 0.25) is 11.7 Å². The summed E-state index contributed by atoms with van der Waals surface area (Å²) < 4.78 is 10.8. The average Bonchev–Trinajstić information content (AvgIpc) is 2.74. The van der Waals surface area contributed by atoms with Gasteiger partial charge in [0, 0.05) is 19.6 Å². The van der Waals surface area contributed by atoms with Gasteiger partial charge in [-0.1, -0.05) is 12.1 Å². The van der Waals surface area contributed by atoms with Crippen molar-refractivity contribution in [3.63, 3.8) is 0 Å². The van der Waals surface area contributed by atoms with Crippen LogP contribution in [0.15, 0.2) is 4.52 Å².